The Morgan fingerprint density at radius 1 is 1.47 bits per heavy atom. The van der Waals surface area contributed by atoms with Gasteiger partial charge in [-0.25, -0.2) is 0 Å². The average molecular weight is 230 g/mol. The number of benzene rings is 1. The van der Waals surface area contributed by atoms with E-state index in [0.717, 1.165) is 11.3 Å². The molecule has 1 aromatic carbocycles. The number of nitrogens with two attached hydrogens (primary N) is 1. The van der Waals surface area contributed by atoms with E-state index in [9.17, 15) is 0 Å². The van der Waals surface area contributed by atoms with Crippen molar-refractivity contribution in [2.75, 3.05) is 13.7 Å². The van der Waals surface area contributed by atoms with Crippen molar-refractivity contribution in [1.29, 1.82) is 0 Å². The molecule has 2 N–H and O–H groups in total. The average Bonchev–Trinajstić information content (AvgIpc) is 2.21. The second kappa shape index (κ2) is 5.95. The molecule has 0 aliphatic rings. The standard InChI is InChI=1S/C11H16ClNO2/c1-8(7-14-2)15-11-4-3-10(12)5-9(11)6-13/h3-5,8H,6-7,13H2,1-2H3. The van der Waals surface area contributed by atoms with Crippen LogP contribution < -0.4 is 10.5 Å². The van der Waals surface area contributed by atoms with Gasteiger partial charge in [-0.15, -0.1) is 0 Å². The molecule has 0 heterocycles. The monoisotopic (exact) mass is 229 g/mol. The van der Waals surface area contributed by atoms with Crippen LogP contribution in [0.4, 0.5) is 0 Å². The Labute approximate surface area is 95.1 Å². The lowest BCUT2D eigenvalue weighted by molar-refractivity contribution is 0.0914. The van der Waals surface area contributed by atoms with Gasteiger partial charge in [-0.05, 0) is 25.1 Å². The van der Waals surface area contributed by atoms with E-state index in [-0.39, 0.29) is 6.10 Å². The number of methoxy groups -OCH3 is 1. The van der Waals surface area contributed by atoms with Gasteiger partial charge in [-0.3, -0.25) is 0 Å². The largest absolute Gasteiger partial charge is 0.488 e. The van der Waals surface area contributed by atoms with Gasteiger partial charge in [0.05, 0.1) is 6.61 Å². The smallest absolute Gasteiger partial charge is 0.124 e. The normalized spacial score (nSPS) is 12.5. The van der Waals surface area contributed by atoms with Gasteiger partial charge in [0.15, 0.2) is 0 Å². The van der Waals surface area contributed by atoms with E-state index in [4.69, 9.17) is 26.8 Å². The predicted octanol–water partition coefficient (Wildman–Crippen LogP) is 2.21. The summed E-state index contributed by atoms with van der Waals surface area (Å²) in [7, 11) is 1.64. The molecule has 0 saturated heterocycles. The van der Waals surface area contributed by atoms with Crippen molar-refractivity contribution in [3.63, 3.8) is 0 Å². The maximum atomic E-state index is 5.86. The fourth-order valence-electron chi connectivity index (χ4n) is 1.31. The zero-order valence-corrected chi connectivity index (χ0v) is 9.75. The third-order valence-corrected chi connectivity index (χ3v) is 2.21. The summed E-state index contributed by atoms with van der Waals surface area (Å²) in [5.74, 6) is 0.770. The summed E-state index contributed by atoms with van der Waals surface area (Å²) in [6.45, 7) is 2.90. The van der Waals surface area contributed by atoms with Gasteiger partial charge in [0, 0.05) is 24.2 Å². The molecule has 0 aromatic heterocycles. The third-order valence-electron chi connectivity index (χ3n) is 1.97. The molecule has 1 rings (SSSR count). The van der Waals surface area contributed by atoms with E-state index in [1.165, 1.54) is 0 Å². The maximum Gasteiger partial charge on any atom is 0.124 e. The van der Waals surface area contributed by atoms with Crippen molar-refractivity contribution >= 4 is 11.6 Å². The summed E-state index contributed by atoms with van der Waals surface area (Å²) >= 11 is 5.86. The molecule has 0 amide bonds. The number of hydrogen-bond donors (Lipinski definition) is 1. The minimum atomic E-state index is 0.00137. The fraction of sp³-hybridized carbons (Fsp3) is 0.455. The third kappa shape index (κ3) is 3.70. The Balaban J connectivity index is 2.75. The van der Waals surface area contributed by atoms with Crippen LogP contribution in [0.2, 0.25) is 5.02 Å². The summed E-state index contributed by atoms with van der Waals surface area (Å²) in [5, 5.41) is 0.669. The number of ether oxygens (including phenoxy) is 2. The van der Waals surface area contributed by atoms with Crippen LogP contribution in [-0.4, -0.2) is 19.8 Å². The molecule has 0 bridgehead atoms. The molecular formula is C11H16ClNO2. The lowest BCUT2D eigenvalue weighted by Gasteiger charge is -2.16. The Hall–Kier alpha value is -0.770. The van der Waals surface area contributed by atoms with Crippen molar-refractivity contribution in [2.45, 2.75) is 19.6 Å². The molecule has 1 aromatic rings. The van der Waals surface area contributed by atoms with Crippen molar-refractivity contribution in [3.05, 3.63) is 28.8 Å². The van der Waals surface area contributed by atoms with Gasteiger partial charge >= 0.3 is 0 Å². The van der Waals surface area contributed by atoms with E-state index in [1.54, 1.807) is 13.2 Å². The highest BCUT2D eigenvalue weighted by Gasteiger charge is 2.07. The first-order valence-corrected chi connectivity index (χ1v) is 5.19. The molecule has 1 unspecified atom stereocenters. The molecular weight excluding hydrogens is 214 g/mol. The first kappa shape index (κ1) is 12.3. The highest BCUT2D eigenvalue weighted by Crippen LogP contribution is 2.23. The topological polar surface area (TPSA) is 44.5 Å². The minimum Gasteiger partial charge on any atom is -0.488 e. The molecule has 0 aliphatic heterocycles. The van der Waals surface area contributed by atoms with Crippen molar-refractivity contribution in [3.8, 4) is 5.75 Å². The van der Waals surface area contributed by atoms with Crippen LogP contribution in [0.5, 0.6) is 5.75 Å². The van der Waals surface area contributed by atoms with Crippen LogP contribution in [0, 0.1) is 0 Å². The van der Waals surface area contributed by atoms with Gasteiger partial charge in [0.25, 0.3) is 0 Å². The molecule has 15 heavy (non-hydrogen) atoms. The van der Waals surface area contributed by atoms with Gasteiger partial charge in [0.2, 0.25) is 0 Å². The molecule has 3 nitrogen and oxygen atoms in total. The van der Waals surface area contributed by atoms with Crippen molar-refractivity contribution in [2.24, 2.45) is 5.73 Å². The predicted molar refractivity (Wildman–Crippen MR) is 61.3 cm³/mol. The molecule has 0 saturated carbocycles. The van der Waals surface area contributed by atoms with Crippen LogP contribution in [0.25, 0.3) is 0 Å². The van der Waals surface area contributed by atoms with Crippen molar-refractivity contribution in [1.82, 2.24) is 0 Å². The molecule has 0 spiro atoms. The summed E-state index contributed by atoms with van der Waals surface area (Å²) in [6.07, 6.45) is 0.00137. The number of hydrogen-bond acceptors (Lipinski definition) is 3. The van der Waals surface area contributed by atoms with Crippen LogP contribution in [0.15, 0.2) is 18.2 Å². The lowest BCUT2D eigenvalue weighted by atomic mass is 10.2. The summed E-state index contributed by atoms with van der Waals surface area (Å²) in [6, 6.07) is 5.43. The van der Waals surface area contributed by atoms with Crippen LogP contribution >= 0.6 is 11.6 Å². The highest BCUT2D eigenvalue weighted by molar-refractivity contribution is 6.30. The van der Waals surface area contributed by atoms with Crippen LogP contribution in [0.1, 0.15) is 12.5 Å². The Morgan fingerprint density at radius 2 is 2.20 bits per heavy atom. The quantitative estimate of drug-likeness (QED) is 0.842. The summed E-state index contributed by atoms with van der Waals surface area (Å²) < 4.78 is 10.7. The highest BCUT2D eigenvalue weighted by atomic mass is 35.5. The van der Waals surface area contributed by atoms with Gasteiger partial charge in [-0.1, -0.05) is 11.6 Å². The summed E-state index contributed by atoms with van der Waals surface area (Å²) in [4.78, 5) is 0. The van der Waals surface area contributed by atoms with Gasteiger partial charge in [0.1, 0.15) is 11.9 Å². The van der Waals surface area contributed by atoms with Crippen molar-refractivity contribution < 1.29 is 9.47 Å². The minimum absolute atomic E-state index is 0.00137. The Bertz CT molecular complexity index is 317. The van der Waals surface area contributed by atoms with Crippen LogP contribution in [-0.2, 0) is 11.3 Å². The van der Waals surface area contributed by atoms with Crippen LogP contribution in [0.3, 0.4) is 0 Å². The second-order valence-electron chi connectivity index (χ2n) is 3.34. The lowest BCUT2D eigenvalue weighted by Crippen LogP contribution is -2.19. The van der Waals surface area contributed by atoms with E-state index < -0.39 is 0 Å². The van der Waals surface area contributed by atoms with E-state index >= 15 is 0 Å². The molecule has 0 radical (unpaired) electrons. The second-order valence-corrected chi connectivity index (χ2v) is 3.78. The van der Waals surface area contributed by atoms with E-state index in [1.807, 2.05) is 19.1 Å². The molecule has 4 heteroatoms. The molecule has 0 fully saturated rings. The number of halogens is 1. The Kier molecular flexibility index (Phi) is 4.88. The molecule has 84 valence electrons. The maximum absolute atomic E-state index is 5.86. The zero-order chi connectivity index (χ0) is 11.3. The fourth-order valence-corrected chi connectivity index (χ4v) is 1.50. The van der Waals surface area contributed by atoms with Gasteiger partial charge < -0.3 is 15.2 Å². The first-order valence-electron chi connectivity index (χ1n) is 4.81. The summed E-state index contributed by atoms with van der Waals surface area (Å²) in [5.41, 5.74) is 6.51. The zero-order valence-electron chi connectivity index (χ0n) is 9.00. The van der Waals surface area contributed by atoms with E-state index in [0.29, 0.717) is 18.2 Å². The SMILES string of the molecule is COCC(C)Oc1ccc(Cl)cc1CN. The number of rotatable bonds is 5. The first-order chi connectivity index (χ1) is 7.17. The van der Waals surface area contributed by atoms with E-state index in [2.05, 4.69) is 0 Å². The molecule has 0 aliphatic carbocycles. The molecule has 1 atom stereocenters. The Morgan fingerprint density at radius 3 is 2.80 bits per heavy atom. The van der Waals surface area contributed by atoms with Gasteiger partial charge in [-0.2, -0.15) is 0 Å².